The minimum Gasteiger partial charge on any atom is -0.382 e. The molecular weight excluding hydrogens is 301 g/mol. The van der Waals surface area contributed by atoms with Gasteiger partial charge in [-0.15, -0.1) is 0 Å². The van der Waals surface area contributed by atoms with Gasteiger partial charge in [-0.05, 0) is 24.6 Å². The SMILES string of the molecule is COCC(CNC(C)c1ccc(F)cc1Br)OC. The van der Waals surface area contributed by atoms with Crippen LogP contribution in [0, 0.1) is 5.82 Å². The number of nitrogens with one attached hydrogen (secondary N) is 1. The van der Waals surface area contributed by atoms with Gasteiger partial charge in [-0.25, -0.2) is 4.39 Å². The average molecular weight is 320 g/mol. The van der Waals surface area contributed by atoms with Crippen molar-refractivity contribution in [3.8, 4) is 0 Å². The van der Waals surface area contributed by atoms with Crippen LogP contribution in [-0.2, 0) is 9.47 Å². The van der Waals surface area contributed by atoms with E-state index in [0.29, 0.717) is 13.2 Å². The van der Waals surface area contributed by atoms with Crippen molar-refractivity contribution in [3.63, 3.8) is 0 Å². The largest absolute Gasteiger partial charge is 0.382 e. The summed E-state index contributed by atoms with van der Waals surface area (Å²) in [5.74, 6) is -0.244. The summed E-state index contributed by atoms with van der Waals surface area (Å²) in [5.41, 5.74) is 1.02. The van der Waals surface area contributed by atoms with Gasteiger partial charge in [0.2, 0.25) is 0 Å². The van der Waals surface area contributed by atoms with E-state index < -0.39 is 0 Å². The lowest BCUT2D eigenvalue weighted by Crippen LogP contribution is -2.33. The fraction of sp³-hybridized carbons (Fsp3) is 0.538. The van der Waals surface area contributed by atoms with Gasteiger partial charge in [-0.2, -0.15) is 0 Å². The Morgan fingerprint density at radius 3 is 2.67 bits per heavy atom. The average Bonchev–Trinajstić information content (AvgIpc) is 2.34. The molecule has 0 aliphatic rings. The molecule has 0 aliphatic carbocycles. The third-order valence-electron chi connectivity index (χ3n) is 2.77. The summed E-state index contributed by atoms with van der Waals surface area (Å²) in [6.07, 6.45) is 0.0108. The summed E-state index contributed by atoms with van der Waals surface area (Å²) in [6.45, 7) is 3.24. The first-order valence-electron chi connectivity index (χ1n) is 5.78. The van der Waals surface area contributed by atoms with Gasteiger partial charge in [0.15, 0.2) is 0 Å². The molecule has 3 nitrogen and oxygen atoms in total. The van der Waals surface area contributed by atoms with E-state index in [1.165, 1.54) is 12.1 Å². The van der Waals surface area contributed by atoms with E-state index in [9.17, 15) is 4.39 Å². The smallest absolute Gasteiger partial charge is 0.124 e. The van der Waals surface area contributed by atoms with Gasteiger partial charge in [-0.3, -0.25) is 0 Å². The maximum absolute atomic E-state index is 13.0. The molecule has 5 heteroatoms. The number of halogens is 2. The van der Waals surface area contributed by atoms with E-state index in [1.54, 1.807) is 20.3 Å². The summed E-state index contributed by atoms with van der Waals surface area (Å²) in [5, 5.41) is 3.34. The van der Waals surface area contributed by atoms with E-state index >= 15 is 0 Å². The molecule has 0 bridgehead atoms. The normalized spacial score (nSPS) is 14.5. The van der Waals surface area contributed by atoms with Crippen LogP contribution >= 0.6 is 15.9 Å². The van der Waals surface area contributed by atoms with Crippen LogP contribution in [0.15, 0.2) is 22.7 Å². The van der Waals surface area contributed by atoms with Crippen LogP contribution in [0.5, 0.6) is 0 Å². The molecule has 0 aliphatic heterocycles. The molecule has 1 aromatic rings. The molecule has 0 heterocycles. The highest BCUT2D eigenvalue weighted by atomic mass is 79.9. The van der Waals surface area contributed by atoms with Crippen molar-refractivity contribution in [1.29, 1.82) is 0 Å². The maximum atomic E-state index is 13.0. The third-order valence-corrected chi connectivity index (χ3v) is 3.45. The van der Waals surface area contributed by atoms with Crippen molar-refractivity contribution < 1.29 is 13.9 Å². The lowest BCUT2D eigenvalue weighted by atomic mass is 10.1. The van der Waals surface area contributed by atoms with Crippen molar-refractivity contribution in [2.24, 2.45) is 0 Å². The van der Waals surface area contributed by atoms with Crippen LogP contribution in [0.1, 0.15) is 18.5 Å². The van der Waals surface area contributed by atoms with Gasteiger partial charge >= 0.3 is 0 Å². The van der Waals surface area contributed by atoms with E-state index in [0.717, 1.165) is 10.0 Å². The molecule has 1 N–H and O–H groups in total. The zero-order chi connectivity index (χ0) is 13.5. The minimum absolute atomic E-state index is 0.0108. The molecule has 0 aromatic heterocycles. The molecule has 0 radical (unpaired) electrons. The minimum atomic E-state index is -0.244. The van der Waals surface area contributed by atoms with Crippen LogP contribution in [0.2, 0.25) is 0 Å². The number of hydrogen-bond acceptors (Lipinski definition) is 3. The highest BCUT2D eigenvalue weighted by molar-refractivity contribution is 9.10. The van der Waals surface area contributed by atoms with Crippen LogP contribution in [0.25, 0.3) is 0 Å². The van der Waals surface area contributed by atoms with Crippen LogP contribution < -0.4 is 5.32 Å². The predicted molar refractivity (Wildman–Crippen MR) is 73.2 cm³/mol. The van der Waals surface area contributed by atoms with Crippen LogP contribution in [0.3, 0.4) is 0 Å². The lowest BCUT2D eigenvalue weighted by molar-refractivity contribution is 0.0276. The van der Waals surface area contributed by atoms with E-state index in [2.05, 4.69) is 21.2 Å². The molecule has 0 fully saturated rings. The highest BCUT2D eigenvalue weighted by Gasteiger charge is 2.12. The van der Waals surface area contributed by atoms with E-state index in [4.69, 9.17) is 9.47 Å². The Bertz CT molecular complexity index is 376. The summed E-state index contributed by atoms with van der Waals surface area (Å²) in [6, 6.07) is 4.81. The standard InChI is InChI=1S/C13H19BrFNO2/c1-9(16-7-11(18-3)8-17-2)12-5-4-10(15)6-13(12)14/h4-6,9,11,16H,7-8H2,1-3H3. The Kier molecular flexibility index (Phi) is 6.78. The molecule has 0 saturated heterocycles. The predicted octanol–water partition coefficient (Wildman–Crippen LogP) is 2.90. The Morgan fingerprint density at radius 2 is 2.11 bits per heavy atom. The molecule has 2 unspecified atom stereocenters. The number of ether oxygens (including phenoxy) is 2. The third kappa shape index (κ3) is 4.65. The molecule has 18 heavy (non-hydrogen) atoms. The molecule has 0 amide bonds. The Labute approximate surface area is 116 Å². The molecule has 1 aromatic carbocycles. The molecule has 0 saturated carbocycles. The van der Waals surface area contributed by atoms with Crippen LogP contribution in [0.4, 0.5) is 4.39 Å². The second-order valence-electron chi connectivity index (χ2n) is 4.11. The lowest BCUT2D eigenvalue weighted by Gasteiger charge is -2.20. The molecular formula is C13H19BrFNO2. The quantitative estimate of drug-likeness (QED) is 0.838. The summed E-state index contributed by atoms with van der Waals surface area (Å²) < 4.78 is 24.1. The maximum Gasteiger partial charge on any atom is 0.124 e. The van der Waals surface area contributed by atoms with Gasteiger partial charge in [-0.1, -0.05) is 22.0 Å². The fourth-order valence-electron chi connectivity index (χ4n) is 1.67. The molecule has 0 spiro atoms. The Balaban J connectivity index is 2.56. The first-order valence-corrected chi connectivity index (χ1v) is 6.57. The number of hydrogen-bond donors (Lipinski definition) is 1. The Hall–Kier alpha value is -0.490. The second-order valence-corrected chi connectivity index (χ2v) is 4.96. The first kappa shape index (κ1) is 15.6. The van der Waals surface area contributed by atoms with Gasteiger partial charge in [0.05, 0.1) is 12.7 Å². The first-order chi connectivity index (χ1) is 8.58. The zero-order valence-corrected chi connectivity index (χ0v) is 12.5. The molecule has 1 rings (SSSR count). The van der Waals surface area contributed by atoms with Gasteiger partial charge in [0.1, 0.15) is 5.82 Å². The fourth-order valence-corrected chi connectivity index (χ4v) is 2.36. The van der Waals surface area contributed by atoms with Crippen molar-refractivity contribution in [1.82, 2.24) is 5.32 Å². The van der Waals surface area contributed by atoms with E-state index in [-0.39, 0.29) is 18.0 Å². The van der Waals surface area contributed by atoms with Crippen molar-refractivity contribution in [2.75, 3.05) is 27.4 Å². The number of methoxy groups -OCH3 is 2. The Morgan fingerprint density at radius 1 is 1.39 bits per heavy atom. The van der Waals surface area contributed by atoms with Gasteiger partial charge in [0, 0.05) is 31.3 Å². The monoisotopic (exact) mass is 319 g/mol. The number of rotatable bonds is 7. The summed E-state index contributed by atoms with van der Waals surface area (Å²) >= 11 is 3.37. The number of benzene rings is 1. The van der Waals surface area contributed by atoms with Crippen LogP contribution in [-0.4, -0.2) is 33.5 Å². The molecule has 102 valence electrons. The summed E-state index contributed by atoms with van der Waals surface area (Å²) in [4.78, 5) is 0. The van der Waals surface area contributed by atoms with Crippen molar-refractivity contribution in [2.45, 2.75) is 19.1 Å². The summed E-state index contributed by atoms with van der Waals surface area (Å²) in [7, 11) is 3.30. The van der Waals surface area contributed by atoms with Crippen molar-refractivity contribution in [3.05, 3.63) is 34.1 Å². The molecule has 2 atom stereocenters. The second kappa shape index (κ2) is 7.84. The highest BCUT2D eigenvalue weighted by Crippen LogP contribution is 2.24. The van der Waals surface area contributed by atoms with Gasteiger partial charge < -0.3 is 14.8 Å². The van der Waals surface area contributed by atoms with Crippen molar-refractivity contribution >= 4 is 15.9 Å². The van der Waals surface area contributed by atoms with Gasteiger partial charge in [0.25, 0.3) is 0 Å². The zero-order valence-electron chi connectivity index (χ0n) is 10.9. The topological polar surface area (TPSA) is 30.5 Å². The van der Waals surface area contributed by atoms with E-state index in [1.807, 2.05) is 6.92 Å².